The molecule has 1 amide bonds. The number of ether oxygens (including phenoxy) is 1. The number of benzene rings is 1. The van der Waals surface area contributed by atoms with Gasteiger partial charge in [0.25, 0.3) is 5.56 Å². The zero-order chi connectivity index (χ0) is 19.5. The summed E-state index contributed by atoms with van der Waals surface area (Å²) in [4.78, 5) is 37.0. The third kappa shape index (κ3) is 4.03. The Balaban J connectivity index is 1.52. The first-order valence-electron chi connectivity index (χ1n) is 8.76. The molecular formula is C18H19N5O3S2. The van der Waals surface area contributed by atoms with Crippen LogP contribution in [0.1, 0.15) is 0 Å². The summed E-state index contributed by atoms with van der Waals surface area (Å²) in [5.74, 6) is -0.278. The number of rotatable bonds is 5. The van der Waals surface area contributed by atoms with Crippen LogP contribution in [-0.4, -0.2) is 53.0 Å². The van der Waals surface area contributed by atoms with Crippen molar-refractivity contribution in [2.24, 2.45) is 0 Å². The van der Waals surface area contributed by atoms with E-state index >= 15 is 0 Å². The van der Waals surface area contributed by atoms with Crippen LogP contribution in [0.3, 0.4) is 0 Å². The van der Waals surface area contributed by atoms with E-state index in [2.05, 4.69) is 20.2 Å². The number of amides is 1. The summed E-state index contributed by atoms with van der Waals surface area (Å²) < 4.78 is 7.13. The molecule has 1 fully saturated rings. The Labute approximate surface area is 169 Å². The van der Waals surface area contributed by atoms with Crippen molar-refractivity contribution in [3.63, 3.8) is 0 Å². The molecule has 10 heteroatoms. The van der Waals surface area contributed by atoms with Gasteiger partial charge in [0.05, 0.1) is 13.2 Å². The number of morpholine rings is 1. The highest BCUT2D eigenvalue weighted by Crippen LogP contribution is 2.25. The summed E-state index contributed by atoms with van der Waals surface area (Å²) in [6.45, 7) is 2.67. The molecule has 0 saturated carbocycles. The molecule has 0 unspecified atom stereocenters. The number of fused-ring (bicyclic) bond motifs is 1. The van der Waals surface area contributed by atoms with Crippen molar-refractivity contribution in [1.82, 2.24) is 14.5 Å². The van der Waals surface area contributed by atoms with Gasteiger partial charge in [0.1, 0.15) is 17.6 Å². The molecule has 1 aliphatic heterocycles. The molecule has 0 bridgehead atoms. The standard InChI is InChI=1S/C18H19N5O3S2/c1-27-13-4-2-3-12(9-13)20-14(24)10-23-11-19-16-15(17(23)25)28-18(21-16)22-5-7-26-8-6-22/h2-4,9,11H,5-8,10H2,1H3,(H,20,24). The van der Waals surface area contributed by atoms with Crippen molar-refractivity contribution < 1.29 is 9.53 Å². The molecule has 3 aromatic rings. The van der Waals surface area contributed by atoms with E-state index in [4.69, 9.17) is 4.74 Å². The SMILES string of the molecule is CSc1cccc(NC(=O)Cn2cnc3nc(N4CCOCC4)sc3c2=O)c1. The van der Waals surface area contributed by atoms with Gasteiger partial charge in [0.2, 0.25) is 5.91 Å². The lowest BCUT2D eigenvalue weighted by Crippen LogP contribution is -2.36. The molecule has 1 aliphatic rings. The van der Waals surface area contributed by atoms with Crippen LogP contribution in [0.5, 0.6) is 0 Å². The molecule has 0 spiro atoms. The molecule has 0 radical (unpaired) electrons. The second-order valence-electron chi connectivity index (χ2n) is 6.21. The van der Waals surface area contributed by atoms with Crippen molar-refractivity contribution in [2.75, 3.05) is 42.8 Å². The lowest BCUT2D eigenvalue weighted by atomic mass is 10.3. The van der Waals surface area contributed by atoms with E-state index < -0.39 is 0 Å². The van der Waals surface area contributed by atoms with Gasteiger partial charge in [-0.05, 0) is 24.5 Å². The topological polar surface area (TPSA) is 89.3 Å². The number of hydrogen-bond donors (Lipinski definition) is 1. The Morgan fingerprint density at radius 1 is 1.36 bits per heavy atom. The van der Waals surface area contributed by atoms with E-state index in [1.807, 2.05) is 30.5 Å². The number of thioether (sulfide) groups is 1. The average molecular weight is 418 g/mol. The molecule has 146 valence electrons. The zero-order valence-corrected chi connectivity index (χ0v) is 16.9. The molecule has 4 rings (SSSR count). The van der Waals surface area contributed by atoms with Gasteiger partial charge >= 0.3 is 0 Å². The van der Waals surface area contributed by atoms with Crippen LogP contribution in [0, 0.1) is 0 Å². The quantitative estimate of drug-likeness (QED) is 0.636. The largest absolute Gasteiger partial charge is 0.378 e. The maximum atomic E-state index is 12.8. The Kier molecular flexibility index (Phi) is 5.60. The van der Waals surface area contributed by atoms with E-state index in [9.17, 15) is 9.59 Å². The summed E-state index contributed by atoms with van der Waals surface area (Å²) in [6.07, 6.45) is 3.35. The molecule has 8 nitrogen and oxygen atoms in total. The fourth-order valence-corrected chi connectivity index (χ4v) is 4.37. The van der Waals surface area contributed by atoms with Crippen LogP contribution in [0.4, 0.5) is 10.8 Å². The minimum atomic E-state index is -0.278. The molecule has 0 atom stereocenters. The van der Waals surface area contributed by atoms with Gasteiger partial charge in [-0.2, -0.15) is 4.98 Å². The fourth-order valence-electron chi connectivity index (χ4n) is 2.89. The number of anilines is 2. The van der Waals surface area contributed by atoms with Gasteiger partial charge < -0.3 is 15.0 Å². The predicted octanol–water partition coefficient (Wildman–Crippen LogP) is 2.05. The van der Waals surface area contributed by atoms with Gasteiger partial charge in [-0.3, -0.25) is 14.2 Å². The third-order valence-electron chi connectivity index (χ3n) is 4.32. The highest BCUT2D eigenvalue weighted by Gasteiger charge is 2.18. The number of nitrogens with one attached hydrogen (secondary N) is 1. The first kappa shape index (κ1) is 18.9. The Morgan fingerprint density at radius 2 is 2.18 bits per heavy atom. The number of thiazole rings is 1. The van der Waals surface area contributed by atoms with Gasteiger partial charge in [0, 0.05) is 23.7 Å². The fraction of sp³-hybridized carbons (Fsp3) is 0.333. The van der Waals surface area contributed by atoms with Crippen molar-refractivity contribution >= 4 is 50.2 Å². The van der Waals surface area contributed by atoms with Crippen molar-refractivity contribution in [3.05, 3.63) is 40.9 Å². The minimum Gasteiger partial charge on any atom is -0.378 e. The number of carbonyl (C=O) groups excluding carboxylic acids is 1. The number of nitrogens with zero attached hydrogens (tertiary/aromatic N) is 4. The lowest BCUT2D eigenvalue weighted by Gasteiger charge is -2.25. The minimum absolute atomic E-state index is 0.101. The predicted molar refractivity (Wildman–Crippen MR) is 112 cm³/mol. The molecule has 1 saturated heterocycles. The Morgan fingerprint density at radius 3 is 2.96 bits per heavy atom. The van der Waals surface area contributed by atoms with Crippen LogP contribution in [0.25, 0.3) is 10.3 Å². The summed E-state index contributed by atoms with van der Waals surface area (Å²) in [5.41, 5.74) is 0.863. The van der Waals surface area contributed by atoms with E-state index in [1.54, 1.807) is 11.8 Å². The average Bonchev–Trinajstić information content (AvgIpc) is 3.16. The summed E-state index contributed by atoms with van der Waals surface area (Å²) in [7, 11) is 0. The molecule has 28 heavy (non-hydrogen) atoms. The summed E-state index contributed by atoms with van der Waals surface area (Å²) in [5, 5.41) is 3.59. The highest BCUT2D eigenvalue weighted by atomic mass is 32.2. The van der Waals surface area contributed by atoms with Crippen LogP contribution in [0.15, 0.2) is 40.3 Å². The maximum absolute atomic E-state index is 12.8. The van der Waals surface area contributed by atoms with Crippen LogP contribution >= 0.6 is 23.1 Å². The van der Waals surface area contributed by atoms with E-state index in [0.717, 1.165) is 23.1 Å². The van der Waals surface area contributed by atoms with Crippen LogP contribution in [-0.2, 0) is 16.1 Å². The van der Waals surface area contributed by atoms with Crippen molar-refractivity contribution in [2.45, 2.75) is 11.4 Å². The number of aromatic nitrogens is 3. The van der Waals surface area contributed by atoms with Gasteiger partial charge in [-0.1, -0.05) is 17.4 Å². The highest BCUT2D eigenvalue weighted by molar-refractivity contribution is 7.98. The maximum Gasteiger partial charge on any atom is 0.273 e. The second-order valence-corrected chi connectivity index (χ2v) is 8.06. The summed E-state index contributed by atoms with van der Waals surface area (Å²) in [6, 6.07) is 7.56. The normalized spacial score (nSPS) is 14.4. The van der Waals surface area contributed by atoms with E-state index in [1.165, 1.54) is 22.2 Å². The van der Waals surface area contributed by atoms with Crippen LogP contribution in [0.2, 0.25) is 0 Å². The zero-order valence-electron chi connectivity index (χ0n) is 15.3. The third-order valence-corrected chi connectivity index (χ3v) is 6.14. The van der Waals surface area contributed by atoms with Crippen LogP contribution < -0.4 is 15.8 Å². The molecule has 1 N–H and O–H groups in total. The van der Waals surface area contributed by atoms with Gasteiger partial charge in [-0.15, -0.1) is 11.8 Å². The number of hydrogen-bond acceptors (Lipinski definition) is 8. The molecule has 2 aromatic heterocycles. The first-order valence-corrected chi connectivity index (χ1v) is 10.8. The smallest absolute Gasteiger partial charge is 0.273 e. The Hall–Kier alpha value is -2.43. The number of carbonyl (C=O) groups is 1. The van der Waals surface area contributed by atoms with Gasteiger partial charge in [-0.25, -0.2) is 4.98 Å². The van der Waals surface area contributed by atoms with E-state index in [0.29, 0.717) is 29.2 Å². The molecule has 0 aliphatic carbocycles. The first-order chi connectivity index (χ1) is 13.6. The monoisotopic (exact) mass is 417 g/mol. The molecule has 3 heterocycles. The molecular weight excluding hydrogens is 398 g/mol. The second kappa shape index (κ2) is 8.29. The van der Waals surface area contributed by atoms with Crippen molar-refractivity contribution in [1.29, 1.82) is 0 Å². The van der Waals surface area contributed by atoms with Gasteiger partial charge in [0.15, 0.2) is 10.8 Å². The summed E-state index contributed by atoms with van der Waals surface area (Å²) >= 11 is 2.91. The Bertz CT molecular complexity index is 1060. The molecule has 1 aromatic carbocycles. The lowest BCUT2D eigenvalue weighted by molar-refractivity contribution is -0.116. The van der Waals surface area contributed by atoms with Crippen molar-refractivity contribution in [3.8, 4) is 0 Å². The van der Waals surface area contributed by atoms with E-state index in [-0.39, 0.29) is 18.0 Å².